The van der Waals surface area contributed by atoms with Gasteiger partial charge in [-0.05, 0) is 55.9 Å². The summed E-state index contributed by atoms with van der Waals surface area (Å²) >= 11 is 5.63. The minimum absolute atomic E-state index is 0.107. The third-order valence-corrected chi connectivity index (χ3v) is 5.33. The molecule has 1 unspecified atom stereocenters. The van der Waals surface area contributed by atoms with Gasteiger partial charge in [0.05, 0.1) is 38.1 Å². The van der Waals surface area contributed by atoms with Gasteiger partial charge in [-0.2, -0.15) is 8.78 Å². The molecular weight excluding hydrogens is 454 g/mol. The van der Waals surface area contributed by atoms with Crippen molar-refractivity contribution in [2.45, 2.75) is 26.5 Å². The van der Waals surface area contributed by atoms with Crippen molar-refractivity contribution < 1.29 is 32.5 Å². The van der Waals surface area contributed by atoms with Gasteiger partial charge in [-0.1, -0.05) is 18.2 Å². The van der Waals surface area contributed by atoms with Crippen LogP contribution in [0.25, 0.3) is 0 Å². The van der Waals surface area contributed by atoms with Crippen molar-refractivity contribution in [3.05, 3.63) is 59.3 Å². The predicted molar refractivity (Wildman–Crippen MR) is 123 cm³/mol. The molecule has 0 saturated heterocycles. The maximum atomic E-state index is 12.8. The van der Waals surface area contributed by atoms with Crippen LogP contribution in [0, 0.1) is 0 Å². The van der Waals surface area contributed by atoms with Crippen molar-refractivity contribution in [2.75, 3.05) is 25.7 Å². The number of para-hydroxylation sites is 2. The fourth-order valence-electron chi connectivity index (χ4n) is 3.64. The number of benzene rings is 2. The lowest BCUT2D eigenvalue weighted by atomic mass is 9.94. The summed E-state index contributed by atoms with van der Waals surface area (Å²) < 4.78 is 46.1. The summed E-state index contributed by atoms with van der Waals surface area (Å²) in [5, 5.41) is 3.48. The number of ether oxygens (including phenoxy) is 4. The van der Waals surface area contributed by atoms with Crippen molar-refractivity contribution in [3.8, 4) is 17.2 Å². The van der Waals surface area contributed by atoms with E-state index >= 15 is 0 Å². The number of esters is 1. The van der Waals surface area contributed by atoms with E-state index in [2.05, 4.69) is 10.1 Å². The SMILES string of the molecule is CCOc1cc(C2NC(=S)N(c3ccccc3OC)C(C)=C2C(=O)OC)ccc1OC(F)F. The minimum atomic E-state index is -3.00. The third-order valence-electron chi connectivity index (χ3n) is 5.03. The summed E-state index contributed by atoms with van der Waals surface area (Å²) in [5.41, 5.74) is 2.03. The van der Waals surface area contributed by atoms with Crippen LogP contribution < -0.4 is 24.4 Å². The van der Waals surface area contributed by atoms with E-state index in [4.69, 9.17) is 26.4 Å². The van der Waals surface area contributed by atoms with Crippen LogP contribution in [-0.4, -0.2) is 38.5 Å². The highest BCUT2D eigenvalue weighted by atomic mass is 32.1. The number of halogens is 2. The molecule has 0 aromatic heterocycles. The van der Waals surface area contributed by atoms with E-state index in [0.29, 0.717) is 33.4 Å². The first-order chi connectivity index (χ1) is 15.8. The summed E-state index contributed by atoms with van der Waals surface area (Å²) in [6, 6.07) is 11.0. The van der Waals surface area contributed by atoms with Gasteiger partial charge >= 0.3 is 12.6 Å². The number of allylic oxidation sites excluding steroid dienone is 1. The van der Waals surface area contributed by atoms with Crippen LogP contribution >= 0.6 is 12.2 Å². The van der Waals surface area contributed by atoms with Crippen LogP contribution in [0.15, 0.2) is 53.7 Å². The number of carbonyl (C=O) groups excluding carboxylic acids is 1. The highest BCUT2D eigenvalue weighted by Crippen LogP contribution is 2.40. The Hall–Kier alpha value is -3.40. The number of nitrogens with zero attached hydrogens (tertiary/aromatic N) is 1. The van der Waals surface area contributed by atoms with Crippen LogP contribution in [0.3, 0.4) is 0 Å². The van der Waals surface area contributed by atoms with Gasteiger partial charge in [0.2, 0.25) is 0 Å². The van der Waals surface area contributed by atoms with Gasteiger partial charge in [0, 0.05) is 5.70 Å². The van der Waals surface area contributed by atoms with E-state index in [1.807, 2.05) is 18.2 Å². The topological polar surface area (TPSA) is 69.3 Å². The lowest BCUT2D eigenvalue weighted by Crippen LogP contribution is -2.48. The monoisotopic (exact) mass is 478 g/mol. The summed E-state index contributed by atoms with van der Waals surface area (Å²) in [7, 11) is 2.83. The molecule has 2 aromatic rings. The largest absolute Gasteiger partial charge is 0.495 e. The van der Waals surface area contributed by atoms with E-state index in [0.717, 1.165) is 0 Å². The van der Waals surface area contributed by atoms with Crippen LogP contribution in [0.1, 0.15) is 25.5 Å². The molecule has 7 nitrogen and oxygen atoms in total. The first-order valence-corrected chi connectivity index (χ1v) is 10.5. The molecule has 33 heavy (non-hydrogen) atoms. The Morgan fingerprint density at radius 1 is 1.15 bits per heavy atom. The number of thiocarbonyl (C=S) groups is 1. The molecule has 0 radical (unpaired) electrons. The quantitative estimate of drug-likeness (QED) is 0.437. The van der Waals surface area contributed by atoms with Crippen LogP contribution in [-0.2, 0) is 9.53 Å². The highest BCUT2D eigenvalue weighted by Gasteiger charge is 2.36. The standard InChI is InChI=1S/C23H24F2N2O5S/c1-5-31-18-12-14(10-11-17(18)32-22(24)25)20-19(21(28)30-4)13(2)27(23(33)26-20)15-8-6-7-9-16(15)29-3/h6-12,20,22H,5H2,1-4H3,(H,26,33). The molecule has 0 bridgehead atoms. The van der Waals surface area contributed by atoms with E-state index in [1.54, 1.807) is 38.0 Å². The summed E-state index contributed by atoms with van der Waals surface area (Å²) in [6.45, 7) is 0.704. The summed E-state index contributed by atoms with van der Waals surface area (Å²) in [6.07, 6.45) is 0. The predicted octanol–water partition coefficient (Wildman–Crippen LogP) is 4.58. The fourth-order valence-corrected chi connectivity index (χ4v) is 3.99. The molecule has 1 aliphatic heterocycles. The number of nitrogens with one attached hydrogen (secondary N) is 1. The van der Waals surface area contributed by atoms with Gasteiger partial charge in [-0.25, -0.2) is 4.79 Å². The molecule has 10 heteroatoms. The number of carbonyl (C=O) groups is 1. The van der Waals surface area contributed by atoms with E-state index in [1.165, 1.54) is 19.2 Å². The summed E-state index contributed by atoms with van der Waals surface area (Å²) in [4.78, 5) is 14.5. The third kappa shape index (κ3) is 5.00. The molecule has 1 N–H and O–H groups in total. The zero-order valence-electron chi connectivity index (χ0n) is 18.6. The Bertz CT molecular complexity index is 1080. The van der Waals surface area contributed by atoms with Gasteiger partial charge < -0.3 is 24.3 Å². The molecule has 0 saturated carbocycles. The second-order valence-electron chi connectivity index (χ2n) is 6.90. The molecule has 0 fully saturated rings. The molecule has 1 aliphatic rings. The number of anilines is 1. The van der Waals surface area contributed by atoms with E-state index in [9.17, 15) is 13.6 Å². The molecule has 3 rings (SSSR count). The molecule has 1 heterocycles. The van der Waals surface area contributed by atoms with Gasteiger partial charge in [-0.3, -0.25) is 4.90 Å². The smallest absolute Gasteiger partial charge is 0.387 e. The number of hydrogen-bond donors (Lipinski definition) is 1. The van der Waals surface area contributed by atoms with Crippen molar-refractivity contribution in [3.63, 3.8) is 0 Å². The summed E-state index contributed by atoms with van der Waals surface area (Å²) in [5.74, 6) is 0.0102. The van der Waals surface area contributed by atoms with Crippen LogP contribution in [0.4, 0.5) is 14.5 Å². The Kier molecular flexibility index (Phi) is 7.70. The maximum absolute atomic E-state index is 12.8. The van der Waals surface area contributed by atoms with Gasteiger partial charge in [0.15, 0.2) is 16.6 Å². The van der Waals surface area contributed by atoms with Gasteiger partial charge in [0.1, 0.15) is 5.75 Å². The number of alkyl halides is 2. The molecule has 0 aliphatic carbocycles. The van der Waals surface area contributed by atoms with Crippen LogP contribution in [0.2, 0.25) is 0 Å². The number of rotatable bonds is 8. The second kappa shape index (κ2) is 10.5. The Labute approximate surface area is 195 Å². The van der Waals surface area contributed by atoms with E-state index in [-0.39, 0.29) is 18.1 Å². The molecule has 1 atom stereocenters. The Balaban J connectivity index is 2.13. The van der Waals surface area contributed by atoms with Crippen molar-refractivity contribution in [2.24, 2.45) is 0 Å². The highest BCUT2D eigenvalue weighted by molar-refractivity contribution is 7.80. The first-order valence-electron chi connectivity index (χ1n) is 10.1. The normalized spacial score (nSPS) is 15.9. The Morgan fingerprint density at radius 2 is 1.88 bits per heavy atom. The van der Waals surface area contributed by atoms with Crippen LogP contribution in [0.5, 0.6) is 17.2 Å². The molecule has 0 amide bonds. The number of hydrogen-bond acceptors (Lipinski definition) is 6. The second-order valence-corrected chi connectivity index (χ2v) is 7.28. The average molecular weight is 479 g/mol. The zero-order chi connectivity index (χ0) is 24.1. The average Bonchev–Trinajstić information content (AvgIpc) is 2.79. The van der Waals surface area contributed by atoms with Crippen molar-refractivity contribution >= 4 is 29.0 Å². The van der Waals surface area contributed by atoms with Gasteiger partial charge in [0.25, 0.3) is 0 Å². The maximum Gasteiger partial charge on any atom is 0.387 e. The zero-order valence-corrected chi connectivity index (χ0v) is 19.4. The van der Waals surface area contributed by atoms with Crippen molar-refractivity contribution in [1.29, 1.82) is 0 Å². The lowest BCUT2D eigenvalue weighted by Gasteiger charge is -2.38. The molecule has 0 spiro atoms. The Morgan fingerprint density at radius 3 is 2.52 bits per heavy atom. The molecule has 2 aromatic carbocycles. The molecular formula is C23H24F2N2O5S. The first kappa shape index (κ1) is 24.2. The lowest BCUT2D eigenvalue weighted by molar-refractivity contribution is -0.136. The van der Waals surface area contributed by atoms with E-state index < -0.39 is 18.6 Å². The van der Waals surface area contributed by atoms with Gasteiger partial charge in [-0.15, -0.1) is 0 Å². The molecule has 176 valence electrons. The minimum Gasteiger partial charge on any atom is -0.495 e. The number of methoxy groups -OCH3 is 2. The van der Waals surface area contributed by atoms with Crippen molar-refractivity contribution in [1.82, 2.24) is 5.32 Å². The fraction of sp³-hybridized carbons (Fsp3) is 0.304.